The van der Waals surface area contributed by atoms with Crippen LogP contribution in [0.1, 0.15) is 20.9 Å². The van der Waals surface area contributed by atoms with E-state index in [9.17, 15) is 4.79 Å². The molecule has 0 fully saturated rings. The molecule has 1 heterocycles. The molecule has 5 heteroatoms. The topological polar surface area (TPSA) is 42.0 Å². The van der Waals surface area contributed by atoms with Crippen molar-refractivity contribution < 1.29 is 4.79 Å². The number of nitrogens with zero attached hydrogens (tertiary/aromatic N) is 1. The molecule has 1 aromatic heterocycles. The van der Waals surface area contributed by atoms with Crippen LogP contribution < -0.4 is 5.32 Å². The molecule has 0 aliphatic rings. The summed E-state index contributed by atoms with van der Waals surface area (Å²) in [6.07, 6.45) is 0. The van der Waals surface area contributed by atoms with Crippen molar-refractivity contribution in [1.29, 1.82) is 0 Å². The van der Waals surface area contributed by atoms with E-state index >= 15 is 0 Å². The van der Waals surface area contributed by atoms with Gasteiger partial charge in [0.1, 0.15) is 5.01 Å². The molecule has 0 spiro atoms. The highest BCUT2D eigenvalue weighted by atomic mass is 32.2. The van der Waals surface area contributed by atoms with Crippen molar-refractivity contribution in [2.45, 2.75) is 17.2 Å². The first-order chi connectivity index (χ1) is 13.3. The van der Waals surface area contributed by atoms with Gasteiger partial charge < -0.3 is 5.32 Å². The van der Waals surface area contributed by atoms with Gasteiger partial charge in [-0.1, -0.05) is 42.5 Å². The molecule has 0 unspecified atom stereocenters. The normalized spacial score (nSPS) is 10.8. The molecule has 4 rings (SSSR count). The van der Waals surface area contributed by atoms with Gasteiger partial charge in [-0.2, -0.15) is 0 Å². The van der Waals surface area contributed by atoms with Crippen LogP contribution in [0, 0.1) is 0 Å². The maximum absolute atomic E-state index is 12.4. The van der Waals surface area contributed by atoms with E-state index < -0.39 is 0 Å². The van der Waals surface area contributed by atoms with Crippen LogP contribution in [0.15, 0.2) is 83.8 Å². The molecule has 1 amide bonds. The van der Waals surface area contributed by atoms with Crippen LogP contribution >= 0.6 is 23.1 Å². The number of carbonyl (C=O) groups excluding carboxylic acids is 1. The van der Waals surface area contributed by atoms with Crippen molar-refractivity contribution in [3.8, 4) is 0 Å². The van der Waals surface area contributed by atoms with E-state index in [0.29, 0.717) is 12.1 Å². The lowest BCUT2D eigenvalue weighted by Crippen LogP contribution is -2.22. The van der Waals surface area contributed by atoms with Gasteiger partial charge in [-0.25, -0.2) is 4.98 Å². The summed E-state index contributed by atoms with van der Waals surface area (Å²) in [5, 5.41) is 3.87. The summed E-state index contributed by atoms with van der Waals surface area (Å²) in [5.41, 5.74) is 2.85. The number of benzene rings is 3. The molecular formula is C22H18N2OS2. The zero-order valence-corrected chi connectivity index (χ0v) is 16.2. The quantitative estimate of drug-likeness (QED) is 0.441. The number of nitrogens with one attached hydrogen (secondary N) is 1. The standard InChI is InChI=1S/C22H18N2OS2/c25-22(23-14-21-24-19-8-4-5-9-20(19)27-21)17-12-10-16(11-13-17)15-26-18-6-2-1-3-7-18/h1-13H,14-15H2,(H,23,25). The number of thiazole rings is 1. The predicted molar refractivity (Wildman–Crippen MR) is 113 cm³/mol. The maximum Gasteiger partial charge on any atom is 0.251 e. The number of para-hydroxylation sites is 1. The van der Waals surface area contributed by atoms with E-state index in [0.717, 1.165) is 21.0 Å². The third-order valence-corrected chi connectivity index (χ3v) is 6.22. The van der Waals surface area contributed by atoms with Gasteiger partial charge in [0.05, 0.1) is 16.8 Å². The van der Waals surface area contributed by atoms with E-state index in [4.69, 9.17) is 0 Å². The Bertz CT molecular complexity index is 1010. The van der Waals surface area contributed by atoms with Crippen LogP contribution in [0.25, 0.3) is 10.2 Å². The summed E-state index contributed by atoms with van der Waals surface area (Å²) in [6.45, 7) is 0.448. The largest absolute Gasteiger partial charge is 0.346 e. The van der Waals surface area contributed by atoms with Crippen molar-refractivity contribution in [2.75, 3.05) is 0 Å². The van der Waals surface area contributed by atoms with E-state index in [1.54, 1.807) is 23.1 Å². The van der Waals surface area contributed by atoms with E-state index in [-0.39, 0.29) is 5.91 Å². The van der Waals surface area contributed by atoms with Crippen molar-refractivity contribution >= 4 is 39.2 Å². The molecule has 27 heavy (non-hydrogen) atoms. The minimum atomic E-state index is -0.0727. The fourth-order valence-corrected chi connectivity index (χ4v) is 4.47. The number of aromatic nitrogens is 1. The molecule has 4 aromatic rings. The third-order valence-electron chi connectivity index (χ3n) is 4.10. The first kappa shape index (κ1) is 17.8. The zero-order valence-electron chi connectivity index (χ0n) is 14.6. The minimum Gasteiger partial charge on any atom is -0.346 e. The van der Waals surface area contributed by atoms with Gasteiger partial charge >= 0.3 is 0 Å². The number of hydrogen-bond donors (Lipinski definition) is 1. The maximum atomic E-state index is 12.4. The second-order valence-corrected chi connectivity index (χ2v) is 8.22. The van der Waals surface area contributed by atoms with Crippen LogP contribution in [0.3, 0.4) is 0 Å². The van der Waals surface area contributed by atoms with Crippen LogP contribution in [0.2, 0.25) is 0 Å². The Hall–Kier alpha value is -2.63. The van der Waals surface area contributed by atoms with Crippen LogP contribution in [-0.2, 0) is 12.3 Å². The average Bonchev–Trinajstić information content (AvgIpc) is 3.15. The van der Waals surface area contributed by atoms with Crippen LogP contribution in [-0.4, -0.2) is 10.9 Å². The molecule has 0 aliphatic heterocycles. The number of rotatable bonds is 6. The Morgan fingerprint density at radius 1 is 0.926 bits per heavy atom. The number of hydrogen-bond acceptors (Lipinski definition) is 4. The Labute approximate surface area is 166 Å². The molecule has 3 aromatic carbocycles. The highest BCUT2D eigenvalue weighted by Crippen LogP contribution is 2.23. The van der Waals surface area contributed by atoms with E-state index in [1.165, 1.54) is 10.5 Å². The summed E-state index contributed by atoms with van der Waals surface area (Å²) < 4.78 is 1.14. The summed E-state index contributed by atoms with van der Waals surface area (Å²) in [7, 11) is 0. The summed E-state index contributed by atoms with van der Waals surface area (Å²) in [6, 6.07) is 26.1. The van der Waals surface area contributed by atoms with Gasteiger partial charge in [-0.15, -0.1) is 23.1 Å². The van der Waals surface area contributed by atoms with Crippen molar-refractivity contribution in [1.82, 2.24) is 10.3 Å². The van der Waals surface area contributed by atoms with Gasteiger partial charge in [-0.3, -0.25) is 4.79 Å². The van der Waals surface area contributed by atoms with Gasteiger partial charge in [0.2, 0.25) is 0 Å². The molecule has 0 atom stereocenters. The van der Waals surface area contributed by atoms with Crippen LogP contribution in [0.4, 0.5) is 0 Å². The van der Waals surface area contributed by atoms with Gasteiger partial charge in [0.15, 0.2) is 0 Å². The molecule has 0 radical (unpaired) electrons. The molecule has 0 saturated carbocycles. The Balaban J connectivity index is 1.33. The van der Waals surface area contributed by atoms with Gasteiger partial charge in [0.25, 0.3) is 5.91 Å². The highest BCUT2D eigenvalue weighted by molar-refractivity contribution is 7.98. The number of amides is 1. The fraction of sp³-hybridized carbons (Fsp3) is 0.0909. The molecule has 134 valence electrons. The summed E-state index contributed by atoms with van der Waals surface area (Å²) in [4.78, 5) is 18.2. The highest BCUT2D eigenvalue weighted by Gasteiger charge is 2.08. The third kappa shape index (κ3) is 4.56. The minimum absolute atomic E-state index is 0.0727. The van der Waals surface area contributed by atoms with Crippen molar-refractivity contribution in [3.63, 3.8) is 0 Å². The number of carbonyl (C=O) groups is 1. The van der Waals surface area contributed by atoms with Gasteiger partial charge in [0, 0.05) is 16.2 Å². The second-order valence-electron chi connectivity index (χ2n) is 6.06. The molecule has 0 aliphatic carbocycles. The molecule has 3 nitrogen and oxygen atoms in total. The predicted octanol–water partition coefficient (Wildman–Crippen LogP) is 5.52. The molecule has 0 saturated heterocycles. The lowest BCUT2D eigenvalue weighted by molar-refractivity contribution is 0.0951. The first-order valence-electron chi connectivity index (χ1n) is 8.67. The summed E-state index contributed by atoms with van der Waals surface area (Å²) in [5.74, 6) is 0.814. The monoisotopic (exact) mass is 390 g/mol. The second kappa shape index (κ2) is 8.37. The van der Waals surface area contributed by atoms with E-state index in [1.807, 2.05) is 66.7 Å². The Morgan fingerprint density at radius 2 is 1.67 bits per heavy atom. The zero-order chi connectivity index (χ0) is 18.5. The lowest BCUT2D eigenvalue weighted by atomic mass is 10.1. The molecule has 0 bridgehead atoms. The number of fused-ring (bicyclic) bond motifs is 1. The van der Waals surface area contributed by atoms with E-state index in [2.05, 4.69) is 22.4 Å². The number of thioether (sulfide) groups is 1. The Morgan fingerprint density at radius 3 is 2.44 bits per heavy atom. The molecule has 1 N–H and O–H groups in total. The van der Waals surface area contributed by atoms with Crippen molar-refractivity contribution in [2.24, 2.45) is 0 Å². The van der Waals surface area contributed by atoms with Gasteiger partial charge in [-0.05, 0) is 42.0 Å². The average molecular weight is 391 g/mol. The SMILES string of the molecule is O=C(NCc1nc2ccccc2s1)c1ccc(CSc2ccccc2)cc1. The lowest BCUT2D eigenvalue weighted by Gasteiger charge is -2.05. The fourth-order valence-electron chi connectivity index (χ4n) is 2.69. The first-order valence-corrected chi connectivity index (χ1v) is 10.5. The smallest absolute Gasteiger partial charge is 0.251 e. The van der Waals surface area contributed by atoms with Crippen LogP contribution in [0.5, 0.6) is 0 Å². The Kier molecular flexibility index (Phi) is 5.51. The van der Waals surface area contributed by atoms with Crippen molar-refractivity contribution in [3.05, 3.63) is 95.0 Å². The summed E-state index contributed by atoms with van der Waals surface area (Å²) >= 11 is 3.40. The molecular weight excluding hydrogens is 372 g/mol.